The summed E-state index contributed by atoms with van der Waals surface area (Å²) in [5.74, 6) is 0.427. The Hall–Kier alpha value is -4.07. The number of carboxylic acids is 1. The zero-order valence-corrected chi connectivity index (χ0v) is 23.0. The highest BCUT2D eigenvalue weighted by Gasteiger charge is 2.56. The van der Waals surface area contributed by atoms with Crippen molar-refractivity contribution in [3.05, 3.63) is 81.9 Å². The summed E-state index contributed by atoms with van der Waals surface area (Å²) in [6.07, 6.45) is 7.35. The van der Waals surface area contributed by atoms with Crippen LogP contribution in [0.2, 0.25) is 0 Å². The molecule has 3 unspecified atom stereocenters. The molecule has 3 aromatic heterocycles. The minimum Gasteiger partial charge on any atom is -0.477 e. The molecule has 0 amide bonds. The average molecular weight is 571 g/mol. The van der Waals surface area contributed by atoms with Gasteiger partial charge in [-0.3, -0.25) is 0 Å². The standard InChI is InChI=1S/C31H27FN4O4S/c32-23-12-18(15-33)4-5-20(23)17-40-27-3-1-2-24(34-27)19-6-9-31(10-7-19)14-22(31)28-35-25-13-26(30(37)38)41-29(25)36(28)16-21-8-11-39-21/h1-6,12-13,21-22H,7-11,14,16-17H2,(H,37,38). The maximum absolute atomic E-state index is 14.2. The summed E-state index contributed by atoms with van der Waals surface area (Å²) in [4.78, 5) is 22.4. The Morgan fingerprint density at radius 2 is 2.17 bits per heavy atom. The highest BCUT2D eigenvalue weighted by Crippen LogP contribution is 2.66. The van der Waals surface area contributed by atoms with Gasteiger partial charge in [-0.15, -0.1) is 11.3 Å². The van der Waals surface area contributed by atoms with Gasteiger partial charge in [-0.1, -0.05) is 18.2 Å². The van der Waals surface area contributed by atoms with Gasteiger partial charge in [-0.05, 0) is 67.4 Å². The molecule has 1 spiro atoms. The van der Waals surface area contributed by atoms with Crippen molar-refractivity contribution in [3.63, 3.8) is 0 Å². The number of halogens is 1. The van der Waals surface area contributed by atoms with Crippen molar-refractivity contribution in [3.8, 4) is 11.9 Å². The third-order valence-corrected chi connectivity index (χ3v) is 9.73. The van der Waals surface area contributed by atoms with E-state index in [1.165, 1.54) is 23.0 Å². The number of ether oxygens (including phenoxy) is 2. The molecule has 4 aromatic rings. The van der Waals surface area contributed by atoms with E-state index in [4.69, 9.17) is 19.7 Å². The number of nitriles is 1. The number of benzene rings is 1. The zero-order chi connectivity index (χ0) is 28.1. The lowest BCUT2D eigenvalue weighted by molar-refractivity contribution is -0.0590. The summed E-state index contributed by atoms with van der Waals surface area (Å²) >= 11 is 1.29. The van der Waals surface area contributed by atoms with E-state index in [0.29, 0.717) is 28.8 Å². The summed E-state index contributed by atoms with van der Waals surface area (Å²) in [5.41, 5.74) is 3.60. The first-order valence-electron chi connectivity index (χ1n) is 13.7. The number of thiophene rings is 1. The number of hydrogen-bond acceptors (Lipinski definition) is 7. The summed E-state index contributed by atoms with van der Waals surface area (Å²) < 4.78 is 28.0. The van der Waals surface area contributed by atoms with Gasteiger partial charge in [0, 0.05) is 24.2 Å². The SMILES string of the molecule is N#Cc1ccc(COc2cccc(C3=CCC4(CC3)CC4c3nc4cc(C(=O)O)sc4n3CC3CCO3)n2)c(F)c1. The number of aromatic carboxylic acids is 1. The number of allylic oxidation sites excluding steroid dienone is 2. The van der Waals surface area contributed by atoms with Gasteiger partial charge in [0.15, 0.2) is 0 Å². The molecule has 7 rings (SSSR count). The van der Waals surface area contributed by atoms with E-state index in [9.17, 15) is 14.3 Å². The molecule has 208 valence electrons. The molecule has 1 N–H and O–H groups in total. The van der Waals surface area contributed by atoms with Crippen LogP contribution in [0, 0.1) is 22.6 Å². The van der Waals surface area contributed by atoms with Crippen LogP contribution in [0.5, 0.6) is 5.88 Å². The molecule has 41 heavy (non-hydrogen) atoms. The lowest BCUT2D eigenvalue weighted by Crippen LogP contribution is -2.31. The normalized spacial score (nSPS) is 23.2. The number of pyridine rings is 1. The van der Waals surface area contributed by atoms with E-state index in [1.807, 2.05) is 18.2 Å². The lowest BCUT2D eigenvalue weighted by Gasteiger charge is -2.28. The highest BCUT2D eigenvalue weighted by atomic mass is 32.1. The van der Waals surface area contributed by atoms with Gasteiger partial charge in [0.05, 0.1) is 30.0 Å². The predicted molar refractivity (Wildman–Crippen MR) is 150 cm³/mol. The van der Waals surface area contributed by atoms with Crippen LogP contribution < -0.4 is 4.74 Å². The van der Waals surface area contributed by atoms with E-state index in [1.54, 1.807) is 24.3 Å². The number of imidazole rings is 1. The van der Waals surface area contributed by atoms with Crippen LogP contribution in [0.15, 0.2) is 48.5 Å². The van der Waals surface area contributed by atoms with Gasteiger partial charge >= 0.3 is 5.97 Å². The number of carboxylic acid groups (broad SMARTS) is 1. The first kappa shape index (κ1) is 25.9. The fourth-order valence-corrected chi connectivity index (χ4v) is 6.99. The molecule has 0 radical (unpaired) electrons. The molecule has 2 aliphatic carbocycles. The Labute approximate surface area is 239 Å². The van der Waals surface area contributed by atoms with Crippen molar-refractivity contribution in [2.75, 3.05) is 6.61 Å². The Morgan fingerprint density at radius 1 is 1.29 bits per heavy atom. The maximum Gasteiger partial charge on any atom is 0.346 e. The molecule has 4 heterocycles. The minimum absolute atomic E-state index is 0.0296. The molecule has 2 fully saturated rings. The second kappa shape index (κ2) is 10.1. The number of aromatic nitrogens is 3. The van der Waals surface area contributed by atoms with Crippen molar-refractivity contribution >= 4 is 33.2 Å². The summed E-state index contributed by atoms with van der Waals surface area (Å²) in [5, 5.41) is 18.4. The second-order valence-electron chi connectivity index (χ2n) is 11.1. The Bertz CT molecular complexity index is 1750. The number of nitrogens with zero attached hydrogens (tertiary/aromatic N) is 4. The smallest absolute Gasteiger partial charge is 0.346 e. The maximum atomic E-state index is 14.2. The number of fused-ring (bicyclic) bond motifs is 1. The van der Waals surface area contributed by atoms with E-state index >= 15 is 0 Å². The Morgan fingerprint density at radius 3 is 2.88 bits per heavy atom. The Kier molecular flexibility index (Phi) is 6.36. The molecule has 3 aliphatic rings. The molecule has 1 saturated heterocycles. The second-order valence-corrected chi connectivity index (χ2v) is 12.1. The first-order valence-corrected chi connectivity index (χ1v) is 14.6. The van der Waals surface area contributed by atoms with E-state index in [2.05, 4.69) is 15.6 Å². The monoisotopic (exact) mass is 570 g/mol. The zero-order valence-electron chi connectivity index (χ0n) is 22.2. The fourth-order valence-electron chi connectivity index (χ4n) is 6.03. The third-order valence-electron chi connectivity index (χ3n) is 8.60. The Balaban J connectivity index is 1.06. The van der Waals surface area contributed by atoms with E-state index in [0.717, 1.165) is 60.6 Å². The van der Waals surface area contributed by atoms with Crippen LogP contribution in [-0.4, -0.2) is 38.3 Å². The largest absolute Gasteiger partial charge is 0.477 e. The highest BCUT2D eigenvalue weighted by molar-refractivity contribution is 7.20. The molecule has 0 bridgehead atoms. The number of carbonyl (C=O) groups is 1. The summed E-state index contributed by atoms with van der Waals surface area (Å²) in [7, 11) is 0. The molecular weight excluding hydrogens is 543 g/mol. The van der Waals surface area contributed by atoms with E-state index < -0.39 is 11.8 Å². The molecule has 3 atom stereocenters. The van der Waals surface area contributed by atoms with Crippen LogP contribution in [-0.2, 0) is 17.9 Å². The summed E-state index contributed by atoms with van der Waals surface area (Å²) in [6, 6.07) is 13.6. The van der Waals surface area contributed by atoms with Crippen LogP contribution in [0.25, 0.3) is 15.9 Å². The first-order chi connectivity index (χ1) is 19.9. The van der Waals surface area contributed by atoms with Crippen LogP contribution in [0.4, 0.5) is 4.39 Å². The van der Waals surface area contributed by atoms with Gasteiger partial charge in [0.1, 0.15) is 33.5 Å². The van der Waals surface area contributed by atoms with E-state index in [-0.39, 0.29) is 23.7 Å². The number of hydrogen-bond donors (Lipinski definition) is 1. The third kappa shape index (κ3) is 4.79. The van der Waals surface area contributed by atoms with Crippen LogP contribution >= 0.6 is 11.3 Å². The molecular formula is C31H27FN4O4S. The molecule has 8 nitrogen and oxygen atoms in total. The fraction of sp³-hybridized carbons (Fsp3) is 0.355. The van der Waals surface area contributed by atoms with Crippen LogP contribution in [0.1, 0.15) is 70.3 Å². The molecule has 1 aromatic carbocycles. The molecule has 1 aliphatic heterocycles. The topological polar surface area (TPSA) is 110 Å². The van der Waals surface area contributed by atoms with Gasteiger partial charge in [0.25, 0.3) is 0 Å². The minimum atomic E-state index is -0.918. The predicted octanol–water partition coefficient (Wildman–Crippen LogP) is 6.31. The van der Waals surface area contributed by atoms with Gasteiger partial charge in [0.2, 0.25) is 5.88 Å². The van der Waals surface area contributed by atoms with Gasteiger partial charge in [-0.25, -0.2) is 19.2 Å². The lowest BCUT2D eigenvalue weighted by atomic mass is 9.83. The van der Waals surface area contributed by atoms with Crippen molar-refractivity contribution in [2.24, 2.45) is 5.41 Å². The van der Waals surface area contributed by atoms with Crippen molar-refractivity contribution in [2.45, 2.75) is 57.3 Å². The average Bonchev–Trinajstić information content (AvgIpc) is 3.30. The van der Waals surface area contributed by atoms with Crippen molar-refractivity contribution in [1.29, 1.82) is 5.26 Å². The number of rotatable bonds is 8. The quantitative estimate of drug-likeness (QED) is 0.264. The molecule has 10 heteroatoms. The van der Waals surface area contributed by atoms with Gasteiger partial charge < -0.3 is 19.1 Å². The van der Waals surface area contributed by atoms with Crippen molar-refractivity contribution < 1.29 is 23.8 Å². The van der Waals surface area contributed by atoms with Crippen LogP contribution in [0.3, 0.4) is 0 Å². The molecule has 1 saturated carbocycles. The van der Waals surface area contributed by atoms with Crippen molar-refractivity contribution in [1.82, 2.24) is 14.5 Å². The van der Waals surface area contributed by atoms with Gasteiger partial charge in [-0.2, -0.15) is 5.26 Å². The summed E-state index contributed by atoms with van der Waals surface area (Å²) in [6.45, 7) is 1.51.